The van der Waals surface area contributed by atoms with Crippen LogP contribution in [0.5, 0.6) is 0 Å². The Kier molecular flexibility index (Phi) is 3.01. The van der Waals surface area contributed by atoms with Gasteiger partial charge in [-0.25, -0.2) is 0 Å². The fourth-order valence-electron chi connectivity index (χ4n) is 2.37. The molecule has 1 aromatic carbocycles. The summed E-state index contributed by atoms with van der Waals surface area (Å²) in [6.07, 6.45) is 4.38. The zero-order chi connectivity index (χ0) is 11.7. The van der Waals surface area contributed by atoms with Gasteiger partial charge in [0.1, 0.15) is 0 Å². The molecule has 0 bridgehead atoms. The molecule has 2 nitrogen and oxygen atoms in total. The molecular formula is C14H20N2. The number of fused-ring (bicyclic) bond motifs is 1. The lowest BCUT2D eigenvalue weighted by Gasteiger charge is -2.04. The molecule has 0 fully saturated rings. The second-order valence-electron chi connectivity index (χ2n) is 4.56. The Morgan fingerprint density at radius 3 is 2.69 bits per heavy atom. The Balaban J connectivity index is 2.58. The first kappa shape index (κ1) is 11.2. The highest BCUT2D eigenvalue weighted by Crippen LogP contribution is 2.26. The monoisotopic (exact) mass is 216 g/mol. The molecule has 2 rings (SSSR count). The van der Waals surface area contributed by atoms with E-state index in [4.69, 9.17) is 5.73 Å². The molecule has 0 saturated heterocycles. The van der Waals surface area contributed by atoms with Gasteiger partial charge in [-0.05, 0) is 49.9 Å². The Morgan fingerprint density at radius 2 is 2.00 bits per heavy atom. The van der Waals surface area contributed by atoms with Gasteiger partial charge in [0.25, 0.3) is 0 Å². The van der Waals surface area contributed by atoms with E-state index in [1.165, 1.54) is 27.6 Å². The average Bonchev–Trinajstić information content (AvgIpc) is 2.58. The number of rotatable bonds is 3. The van der Waals surface area contributed by atoms with Gasteiger partial charge >= 0.3 is 0 Å². The van der Waals surface area contributed by atoms with E-state index in [1.807, 2.05) is 0 Å². The van der Waals surface area contributed by atoms with Crippen molar-refractivity contribution in [1.82, 2.24) is 4.57 Å². The van der Waals surface area contributed by atoms with Gasteiger partial charge in [0, 0.05) is 18.6 Å². The summed E-state index contributed by atoms with van der Waals surface area (Å²) in [6, 6.07) is 4.45. The molecule has 1 heterocycles. The number of aryl methyl sites for hydroxylation is 4. The molecule has 1 aromatic heterocycles. The lowest BCUT2D eigenvalue weighted by atomic mass is 10.0. The highest BCUT2D eigenvalue weighted by atomic mass is 14.9. The molecule has 86 valence electrons. The van der Waals surface area contributed by atoms with Crippen LogP contribution in [0.15, 0.2) is 18.3 Å². The minimum atomic E-state index is 0.765. The van der Waals surface area contributed by atoms with E-state index in [1.54, 1.807) is 0 Å². The first-order valence-electron chi connectivity index (χ1n) is 5.89. The maximum absolute atomic E-state index is 5.57. The van der Waals surface area contributed by atoms with E-state index in [0.29, 0.717) is 0 Å². The van der Waals surface area contributed by atoms with Gasteiger partial charge in [-0.1, -0.05) is 12.1 Å². The van der Waals surface area contributed by atoms with Crippen LogP contribution in [0, 0.1) is 13.8 Å². The predicted octanol–water partition coefficient (Wildman–Crippen LogP) is 2.69. The lowest BCUT2D eigenvalue weighted by molar-refractivity contribution is 0.830. The van der Waals surface area contributed by atoms with Crippen molar-refractivity contribution in [1.29, 1.82) is 0 Å². The van der Waals surface area contributed by atoms with E-state index >= 15 is 0 Å². The topological polar surface area (TPSA) is 30.9 Å². The van der Waals surface area contributed by atoms with E-state index in [-0.39, 0.29) is 0 Å². The van der Waals surface area contributed by atoms with Crippen LogP contribution in [0.3, 0.4) is 0 Å². The maximum Gasteiger partial charge on any atom is 0.0512 e. The Bertz CT molecular complexity index is 509. The zero-order valence-electron chi connectivity index (χ0n) is 10.4. The van der Waals surface area contributed by atoms with Crippen LogP contribution in [-0.4, -0.2) is 11.1 Å². The molecule has 0 aliphatic carbocycles. The standard InChI is InChI=1S/C14H20N2/c1-10-6-7-13-12(5-4-8-15)9-16(3)14(13)11(10)2/h6-7,9H,4-5,8,15H2,1-3H3. The fraction of sp³-hybridized carbons (Fsp3) is 0.429. The number of benzene rings is 1. The molecule has 0 saturated carbocycles. The summed E-state index contributed by atoms with van der Waals surface area (Å²) in [5.74, 6) is 0. The highest BCUT2D eigenvalue weighted by molar-refractivity contribution is 5.87. The van der Waals surface area contributed by atoms with E-state index in [9.17, 15) is 0 Å². The molecule has 0 radical (unpaired) electrons. The molecule has 0 spiro atoms. The quantitative estimate of drug-likeness (QED) is 0.840. The van der Waals surface area contributed by atoms with Crippen LogP contribution >= 0.6 is 0 Å². The molecule has 0 atom stereocenters. The molecule has 2 N–H and O–H groups in total. The van der Waals surface area contributed by atoms with E-state index in [2.05, 4.69) is 43.8 Å². The zero-order valence-corrected chi connectivity index (χ0v) is 10.4. The number of nitrogens with two attached hydrogens (primary N) is 1. The van der Waals surface area contributed by atoms with Crippen molar-refractivity contribution in [3.63, 3.8) is 0 Å². The molecule has 2 aromatic rings. The molecular weight excluding hydrogens is 196 g/mol. The average molecular weight is 216 g/mol. The van der Waals surface area contributed by atoms with Crippen molar-refractivity contribution in [3.8, 4) is 0 Å². The molecule has 2 heteroatoms. The number of hydrogen-bond donors (Lipinski definition) is 1. The minimum absolute atomic E-state index is 0.765. The predicted molar refractivity (Wildman–Crippen MR) is 69.8 cm³/mol. The summed E-state index contributed by atoms with van der Waals surface area (Å²) in [4.78, 5) is 0. The van der Waals surface area contributed by atoms with Crippen molar-refractivity contribution < 1.29 is 0 Å². The number of aromatic nitrogens is 1. The number of nitrogens with zero attached hydrogens (tertiary/aromatic N) is 1. The molecule has 0 unspecified atom stereocenters. The molecule has 0 amide bonds. The maximum atomic E-state index is 5.57. The Morgan fingerprint density at radius 1 is 1.25 bits per heavy atom. The van der Waals surface area contributed by atoms with Gasteiger partial charge in [0.05, 0.1) is 5.52 Å². The van der Waals surface area contributed by atoms with Crippen LogP contribution in [0.4, 0.5) is 0 Å². The van der Waals surface area contributed by atoms with Crippen LogP contribution < -0.4 is 5.73 Å². The van der Waals surface area contributed by atoms with Gasteiger partial charge in [-0.3, -0.25) is 0 Å². The fourth-order valence-corrected chi connectivity index (χ4v) is 2.37. The third-order valence-corrected chi connectivity index (χ3v) is 3.40. The number of hydrogen-bond acceptors (Lipinski definition) is 1. The van der Waals surface area contributed by atoms with Crippen molar-refractivity contribution in [2.24, 2.45) is 12.8 Å². The summed E-state index contributed by atoms with van der Waals surface area (Å²) in [7, 11) is 2.13. The molecule has 16 heavy (non-hydrogen) atoms. The lowest BCUT2D eigenvalue weighted by Crippen LogP contribution is -1.99. The summed E-state index contributed by atoms with van der Waals surface area (Å²) in [5.41, 5.74) is 11.1. The Hall–Kier alpha value is -1.28. The smallest absolute Gasteiger partial charge is 0.0512 e. The van der Waals surface area contributed by atoms with Crippen molar-refractivity contribution >= 4 is 10.9 Å². The van der Waals surface area contributed by atoms with Gasteiger partial charge < -0.3 is 10.3 Å². The highest BCUT2D eigenvalue weighted by Gasteiger charge is 2.09. The normalized spacial score (nSPS) is 11.2. The third-order valence-electron chi connectivity index (χ3n) is 3.40. The van der Waals surface area contributed by atoms with Crippen LogP contribution in [-0.2, 0) is 13.5 Å². The first-order valence-corrected chi connectivity index (χ1v) is 5.89. The summed E-state index contributed by atoms with van der Waals surface area (Å²) >= 11 is 0. The van der Waals surface area contributed by atoms with Crippen LogP contribution in [0.1, 0.15) is 23.1 Å². The van der Waals surface area contributed by atoms with E-state index in [0.717, 1.165) is 19.4 Å². The van der Waals surface area contributed by atoms with Crippen LogP contribution in [0.2, 0.25) is 0 Å². The molecule has 0 aliphatic rings. The van der Waals surface area contributed by atoms with E-state index < -0.39 is 0 Å². The molecule has 0 aliphatic heterocycles. The summed E-state index contributed by atoms with van der Waals surface area (Å²) < 4.78 is 2.24. The van der Waals surface area contributed by atoms with Crippen molar-refractivity contribution in [3.05, 3.63) is 35.0 Å². The van der Waals surface area contributed by atoms with Gasteiger partial charge in [-0.2, -0.15) is 0 Å². The Labute approximate surface area is 97.1 Å². The first-order chi connectivity index (χ1) is 7.65. The third kappa shape index (κ3) is 1.74. The summed E-state index contributed by atoms with van der Waals surface area (Å²) in [5, 5.41) is 1.39. The van der Waals surface area contributed by atoms with Gasteiger partial charge in [0.2, 0.25) is 0 Å². The summed E-state index contributed by atoms with van der Waals surface area (Å²) in [6.45, 7) is 5.13. The SMILES string of the molecule is Cc1ccc2c(CCCN)cn(C)c2c1C. The minimum Gasteiger partial charge on any atom is -0.350 e. The largest absolute Gasteiger partial charge is 0.350 e. The van der Waals surface area contributed by atoms with Crippen molar-refractivity contribution in [2.45, 2.75) is 26.7 Å². The van der Waals surface area contributed by atoms with Gasteiger partial charge in [0.15, 0.2) is 0 Å². The second kappa shape index (κ2) is 4.30. The van der Waals surface area contributed by atoms with Crippen LogP contribution in [0.25, 0.3) is 10.9 Å². The second-order valence-corrected chi connectivity index (χ2v) is 4.56. The van der Waals surface area contributed by atoms with Gasteiger partial charge in [-0.15, -0.1) is 0 Å². The van der Waals surface area contributed by atoms with Crippen molar-refractivity contribution in [2.75, 3.05) is 6.54 Å².